The Morgan fingerprint density at radius 1 is 0.196 bits per heavy atom. The zero-order chi connectivity index (χ0) is 37.0. The van der Waals surface area contributed by atoms with Gasteiger partial charge in [0.05, 0.1) is 22.1 Å². The highest BCUT2D eigenvalue weighted by atomic mass is 15.0. The molecule has 0 saturated heterocycles. The molecule has 11 aromatic rings. The van der Waals surface area contributed by atoms with Gasteiger partial charge in [-0.3, -0.25) is 0 Å². The van der Waals surface area contributed by atoms with Crippen LogP contribution >= 0.6 is 0 Å². The van der Waals surface area contributed by atoms with Crippen molar-refractivity contribution in [2.75, 3.05) is 0 Å². The summed E-state index contributed by atoms with van der Waals surface area (Å²) in [5.41, 5.74) is 16.6. The van der Waals surface area contributed by atoms with E-state index in [0.29, 0.717) is 0 Å². The van der Waals surface area contributed by atoms with Crippen LogP contribution in [0, 0.1) is 0 Å². The van der Waals surface area contributed by atoms with E-state index in [-0.39, 0.29) is 0 Å². The van der Waals surface area contributed by atoms with Gasteiger partial charge in [-0.15, -0.1) is 0 Å². The molecule has 0 radical (unpaired) electrons. The molecule has 0 aliphatic heterocycles. The molecule has 0 aliphatic carbocycles. The van der Waals surface area contributed by atoms with Gasteiger partial charge in [-0.05, 0) is 105 Å². The number of para-hydroxylation sites is 2. The fraction of sp³-hybridized carbons (Fsp3) is 0. The summed E-state index contributed by atoms with van der Waals surface area (Å²) in [7, 11) is 0. The van der Waals surface area contributed by atoms with Gasteiger partial charge < -0.3 is 9.13 Å². The highest BCUT2D eigenvalue weighted by Crippen LogP contribution is 2.41. The Bertz CT molecular complexity index is 3150. The van der Waals surface area contributed by atoms with E-state index in [1.807, 2.05) is 0 Å². The van der Waals surface area contributed by atoms with Gasteiger partial charge in [-0.25, -0.2) is 0 Å². The zero-order valence-electron chi connectivity index (χ0n) is 30.7. The van der Waals surface area contributed by atoms with Gasteiger partial charge in [-0.2, -0.15) is 0 Å². The lowest BCUT2D eigenvalue weighted by molar-refractivity contribution is 1.18. The van der Waals surface area contributed by atoms with Crippen LogP contribution in [0.1, 0.15) is 0 Å². The number of hydrogen-bond donors (Lipinski definition) is 0. The minimum Gasteiger partial charge on any atom is -0.309 e. The summed E-state index contributed by atoms with van der Waals surface area (Å²) in [6.45, 7) is 0. The summed E-state index contributed by atoms with van der Waals surface area (Å²) in [6, 6.07) is 79.5. The van der Waals surface area contributed by atoms with Crippen molar-refractivity contribution in [3.05, 3.63) is 218 Å². The van der Waals surface area contributed by atoms with E-state index in [2.05, 4.69) is 228 Å². The third-order valence-electron chi connectivity index (χ3n) is 11.3. The molecule has 262 valence electrons. The number of aromatic nitrogens is 2. The molecule has 2 heteroatoms. The molecule has 2 nitrogen and oxygen atoms in total. The van der Waals surface area contributed by atoms with Crippen molar-refractivity contribution in [3.63, 3.8) is 0 Å². The molecule has 0 aliphatic rings. The van der Waals surface area contributed by atoms with Gasteiger partial charge in [0.2, 0.25) is 0 Å². The van der Waals surface area contributed by atoms with Gasteiger partial charge >= 0.3 is 0 Å². The van der Waals surface area contributed by atoms with Gasteiger partial charge in [0.1, 0.15) is 0 Å². The van der Waals surface area contributed by atoms with Crippen LogP contribution in [-0.4, -0.2) is 9.13 Å². The summed E-state index contributed by atoms with van der Waals surface area (Å²) in [5, 5.41) is 4.98. The summed E-state index contributed by atoms with van der Waals surface area (Å²) >= 11 is 0. The molecule has 0 spiro atoms. The fourth-order valence-corrected chi connectivity index (χ4v) is 8.63. The van der Waals surface area contributed by atoms with Gasteiger partial charge in [-0.1, -0.05) is 158 Å². The first-order chi connectivity index (χ1) is 27.8. The predicted octanol–water partition coefficient (Wildman–Crippen LogP) is 14.5. The standard InChI is InChI=1S/C54H36N2/c1-5-15-37(16-6-1)40-27-30-52-50(34-40)49-29-26-42(41-25-28-48-47-23-13-14-24-51(47)55(53(48)35-41)45-21-11-4-12-22-45)36-54(49)56(52)46-32-43(38-17-7-2-8-18-38)31-44(33-46)39-19-9-3-10-20-39/h1-36H. The van der Waals surface area contributed by atoms with Crippen LogP contribution in [-0.2, 0) is 0 Å². The maximum Gasteiger partial charge on any atom is 0.0547 e. The Hall–Kier alpha value is -7.42. The van der Waals surface area contributed by atoms with Crippen molar-refractivity contribution >= 4 is 43.6 Å². The summed E-state index contributed by atoms with van der Waals surface area (Å²) in [4.78, 5) is 0. The normalized spacial score (nSPS) is 11.6. The lowest BCUT2D eigenvalue weighted by Gasteiger charge is -2.15. The van der Waals surface area contributed by atoms with Crippen LogP contribution in [0.2, 0.25) is 0 Å². The maximum absolute atomic E-state index is 2.47. The Balaban J connectivity index is 1.17. The molecule has 0 fully saturated rings. The van der Waals surface area contributed by atoms with Crippen LogP contribution in [0.3, 0.4) is 0 Å². The van der Waals surface area contributed by atoms with Crippen molar-refractivity contribution in [1.82, 2.24) is 9.13 Å². The van der Waals surface area contributed by atoms with E-state index in [4.69, 9.17) is 0 Å². The van der Waals surface area contributed by atoms with E-state index in [9.17, 15) is 0 Å². The third-order valence-corrected chi connectivity index (χ3v) is 11.3. The Morgan fingerprint density at radius 3 is 1.20 bits per heavy atom. The van der Waals surface area contributed by atoms with E-state index in [1.165, 1.54) is 88.1 Å². The van der Waals surface area contributed by atoms with Crippen LogP contribution in [0.15, 0.2) is 218 Å². The summed E-state index contributed by atoms with van der Waals surface area (Å²) < 4.78 is 4.87. The molecule has 0 saturated carbocycles. The summed E-state index contributed by atoms with van der Waals surface area (Å²) in [5.74, 6) is 0. The average Bonchev–Trinajstić information content (AvgIpc) is 3.79. The van der Waals surface area contributed by atoms with Crippen molar-refractivity contribution in [3.8, 4) is 55.9 Å². The molecule has 0 atom stereocenters. The van der Waals surface area contributed by atoms with Crippen LogP contribution in [0.4, 0.5) is 0 Å². The van der Waals surface area contributed by atoms with Crippen molar-refractivity contribution in [2.24, 2.45) is 0 Å². The van der Waals surface area contributed by atoms with Crippen LogP contribution < -0.4 is 0 Å². The molecule has 11 rings (SSSR count). The van der Waals surface area contributed by atoms with Crippen molar-refractivity contribution < 1.29 is 0 Å². The Morgan fingerprint density at radius 2 is 0.607 bits per heavy atom. The van der Waals surface area contributed by atoms with Gasteiger partial charge in [0.25, 0.3) is 0 Å². The van der Waals surface area contributed by atoms with E-state index >= 15 is 0 Å². The number of hydrogen-bond acceptors (Lipinski definition) is 0. The molecule has 0 bridgehead atoms. The highest BCUT2D eigenvalue weighted by Gasteiger charge is 2.18. The van der Waals surface area contributed by atoms with E-state index < -0.39 is 0 Å². The zero-order valence-corrected chi connectivity index (χ0v) is 30.7. The molecular formula is C54H36N2. The van der Waals surface area contributed by atoms with Crippen LogP contribution in [0.25, 0.3) is 99.5 Å². The SMILES string of the molecule is c1ccc(-c2cc(-c3ccccc3)cc(-n3c4ccc(-c5ccccc5)cc4c4ccc(-c5ccc6c7ccccc7n(-c7ccccc7)c6c5)cc43)c2)cc1. The first-order valence-electron chi connectivity index (χ1n) is 19.3. The number of rotatable bonds is 6. The van der Waals surface area contributed by atoms with Crippen LogP contribution in [0.5, 0.6) is 0 Å². The molecule has 9 aromatic carbocycles. The summed E-state index contributed by atoms with van der Waals surface area (Å²) in [6.07, 6.45) is 0. The number of benzene rings is 9. The fourth-order valence-electron chi connectivity index (χ4n) is 8.63. The molecule has 0 N–H and O–H groups in total. The molecule has 0 unspecified atom stereocenters. The molecule has 0 amide bonds. The first-order valence-corrected chi connectivity index (χ1v) is 19.3. The second-order valence-corrected chi connectivity index (χ2v) is 14.6. The molecule has 2 aromatic heterocycles. The Labute approximate surface area is 325 Å². The minimum absolute atomic E-state index is 1.13. The van der Waals surface area contributed by atoms with Gasteiger partial charge in [0.15, 0.2) is 0 Å². The second kappa shape index (κ2) is 13.2. The maximum atomic E-state index is 2.47. The quantitative estimate of drug-likeness (QED) is 0.162. The van der Waals surface area contributed by atoms with Gasteiger partial charge in [0, 0.05) is 32.9 Å². The van der Waals surface area contributed by atoms with E-state index in [1.54, 1.807) is 0 Å². The number of nitrogens with zero attached hydrogens (tertiary/aromatic N) is 2. The monoisotopic (exact) mass is 712 g/mol. The topological polar surface area (TPSA) is 9.86 Å². The third kappa shape index (κ3) is 5.34. The number of fused-ring (bicyclic) bond motifs is 6. The molecule has 2 heterocycles. The second-order valence-electron chi connectivity index (χ2n) is 14.6. The first kappa shape index (κ1) is 32.0. The van der Waals surface area contributed by atoms with Crippen molar-refractivity contribution in [1.29, 1.82) is 0 Å². The predicted molar refractivity (Wildman–Crippen MR) is 237 cm³/mol. The lowest BCUT2D eigenvalue weighted by atomic mass is 9.98. The smallest absolute Gasteiger partial charge is 0.0547 e. The minimum atomic E-state index is 1.13. The van der Waals surface area contributed by atoms with Crippen molar-refractivity contribution in [2.45, 2.75) is 0 Å². The molecular weight excluding hydrogens is 677 g/mol. The molecule has 56 heavy (non-hydrogen) atoms. The highest BCUT2D eigenvalue weighted by molar-refractivity contribution is 6.13. The largest absolute Gasteiger partial charge is 0.309 e. The Kier molecular flexibility index (Phi) is 7.53. The van der Waals surface area contributed by atoms with E-state index in [0.717, 1.165) is 11.4 Å². The lowest BCUT2D eigenvalue weighted by Crippen LogP contribution is -1.96. The average molecular weight is 713 g/mol.